The van der Waals surface area contributed by atoms with Gasteiger partial charge in [-0.2, -0.15) is 0 Å². The molecule has 1 heterocycles. The molecule has 0 radical (unpaired) electrons. The molecule has 0 spiro atoms. The van der Waals surface area contributed by atoms with E-state index in [1.807, 2.05) is 31.3 Å². The lowest BCUT2D eigenvalue weighted by Gasteiger charge is -2.12. The quantitative estimate of drug-likeness (QED) is 0.787. The Morgan fingerprint density at radius 3 is 2.73 bits per heavy atom. The third-order valence-corrected chi connectivity index (χ3v) is 2.62. The van der Waals surface area contributed by atoms with Gasteiger partial charge in [-0.1, -0.05) is 0 Å². The van der Waals surface area contributed by atoms with Crippen LogP contribution in [-0.2, 0) is 6.54 Å². The van der Waals surface area contributed by atoms with E-state index in [1.54, 1.807) is 6.07 Å². The van der Waals surface area contributed by atoms with Crippen LogP contribution in [0.1, 0.15) is 11.1 Å². The monoisotopic (exact) mass is 204 g/mol. The highest BCUT2D eigenvalue weighted by molar-refractivity contribution is 5.87. The average molecular weight is 204 g/mol. The highest BCUT2D eigenvalue weighted by Gasteiger charge is 2.10. The van der Waals surface area contributed by atoms with E-state index in [0.29, 0.717) is 5.75 Å². The Morgan fingerprint density at radius 2 is 2.07 bits per heavy atom. The van der Waals surface area contributed by atoms with Gasteiger partial charge in [-0.3, -0.25) is 0 Å². The molecular formula is C12H16N2O. The van der Waals surface area contributed by atoms with Crippen LogP contribution in [0.5, 0.6) is 5.75 Å². The molecule has 15 heavy (non-hydrogen) atoms. The van der Waals surface area contributed by atoms with Gasteiger partial charge in [0, 0.05) is 23.7 Å². The second-order valence-electron chi connectivity index (χ2n) is 4.20. The van der Waals surface area contributed by atoms with Crippen LogP contribution in [0.2, 0.25) is 0 Å². The molecule has 0 unspecified atom stereocenters. The number of benzene rings is 1. The Morgan fingerprint density at radius 1 is 1.33 bits per heavy atom. The van der Waals surface area contributed by atoms with Crippen LogP contribution in [0, 0.1) is 6.92 Å². The second-order valence-corrected chi connectivity index (χ2v) is 4.20. The molecule has 2 N–H and O–H groups in total. The van der Waals surface area contributed by atoms with Gasteiger partial charge in [0.05, 0.1) is 5.52 Å². The minimum atomic E-state index is 0.359. The average Bonchev–Trinajstić information content (AvgIpc) is 2.52. The number of hydrogen-bond donors (Lipinski definition) is 2. The number of H-pyrrole nitrogens is 1. The number of aryl methyl sites for hydroxylation is 1. The summed E-state index contributed by atoms with van der Waals surface area (Å²) >= 11 is 0. The molecule has 0 fully saturated rings. The lowest BCUT2D eigenvalue weighted by atomic mass is 10.1. The molecule has 0 saturated carbocycles. The van der Waals surface area contributed by atoms with Crippen LogP contribution in [0.25, 0.3) is 10.9 Å². The van der Waals surface area contributed by atoms with Crippen LogP contribution in [0.15, 0.2) is 18.3 Å². The van der Waals surface area contributed by atoms with Crippen molar-refractivity contribution in [2.75, 3.05) is 14.1 Å². The molecule has 0 aliphatic carbocycles. The molecule has 0 aliphatic rings. The number of fused-ring (bicyclic) bond motifs is 1. The summed E-state index contributed by atoms with van der Waals surface area (Å²) in [6.45, 7) is 2.80. The van der Waals surface area contributed by atoms with Crippen molar-refractivity contribution in [2.24, 2.45) is 0 Å². The van der Waals surface area contributed by atoms with E-state index in [9.17, 15) is 5.11 Å². The fourth-order valence-electron chi connectivity index (χ4n) is 1.86. The molecule has 2 rings (SSSR count). The van der Waals surface area contributed by atoms with Gasteiger partial charge in [-0.05, 0) is 38.7 Å². The maximum atomic E-state index is 9.82. The van der Waals surface area contributed by atoms with Crippen molar-refractivity contribution >= 4 is 10.9 Å². The standard InChI is InChI=1S/C12H16N2O/c1-8-6-13-12-9(8)4-5-11(15)10(12)7-14(2)3/h4-6,13,15H,7H2,1-3H3. The smallest absolute Gasteiger partial charge is 0.122 e. The van der Waals surface area contributed by atoms with E-state index in [-0.39, 0.29) is 0 Å². The zero-order valence-electron chi connectivity index (χ0n) is 9.33. The molecule has 1 aromatic heterocycles. The SMILES string of the molecule is Cc1c[nH]c2c(CN(C)C)c(O)ccc12. The molecule has 0 atom stereocenters. The van der Waals surface area contributed by atoms with Gasteiger partial charge >= 0.3 is 0 Å². The molecule has 0 bridgehead atoms. The molecule has 0 saturated heterocycles. The van der Waals surface area contributed by atoms with Gasteiger partial charge < -0.3 is 15.0 Å². The number of rotatable bonds is 2. The Kier molecular flexibility index (Phi) is 2.40. The summed E-state index contributed by atoms with van der Waals surface area (Å²) in [6, 6.07) is 3.72. The summed E-state index contributed by atoms with van der Waals surface area (Å²) in [5.41, 5.74) is 3.22. The topological polar surface area (TPSA) is 39.3 Å². The first kappa shape index (κ1) is 10.1. The highest BCUT2D eigenvalue weighted by atomic mass is 16.3. The van der Waals surface area contributed by atoms with Crippen LogP contribution in [0.3, 0.4) is 0 Å². The van der Waals surface area contributed by atoms with Crippen molar-refractivity contribution in [2.45, 2.75) is 13.5 Å². The Bertz CT molecular complexity index is 486. The summed E-state index contributed by atoms with van der Waals surface area (Å²) in [5.74, 6) is 0.359. The summed E-state index contributed by atoms with van der Waals surface area (Å²) < 4.78 is 0. The van der Waals surface area contributed by atoms with E-state index in [2.05, 4.69) is 11.9 Å². The van der Waals surface area contributed by atoms with E-state index in [1.165, 1.54) is 10.9 Å². The minimum Gasteiger partial charge on any atom is -0.508 e. The minimum absolute atomic E-state index is 0.359. The second kappa shape index (κ2) is 3.59. The predicted octanol–water partition coefficient (Wildman–Crippen LogP) is 2.24. The summed E-state index contributed by atoms with van der Waals surface area (Å²) in [7, 11) is 3.99. The van der Waals surface area contributed by atoms with Crippen LogP contribution < -0.4 is 0 Å². The Hall–Kier alpha value is -1.48. The number of hydrogen-bond acceptors (Lipinski definition) is 2. The first-order valence-corrected chi connectivity index (χ1v) is 5.03. The third-order valence-electron chi connectivity index (χ3n) is 2.62. The molecule has 1 aromatic carbocycles. The number of nitrogens with zero attached hydrogens (tertiary/aromatic N) is 1. The number of aromatic amines is 1. The lowest BCUT2D eigenvalue weighted by molar-refractivity contribution is 0.387. The van der Waals surface area contributed by atoms with Gasteiger partial charge in [0.25, 0.3) is 0 Å². The van der Waals surface area contributed by atoms with Crippen LogP contribution >= 0.6 is 0 Å². The fraction of sp³-hybridized carbons (Fsp3) is 0.333. The maximum absolute atomic E-state index is 9.82. The van der Waals surface area contributed by atoms with E-state index in [0.717, 1.165) is 17.6 Å². The van der Waals surface area contributed by atoms with Crippen molar-refractivity contribution in [3.63, 3.8) is 0 Å². The maximum Gasteiger partial charge on any atom is 0.122 e. The van der Waals surface area contributed by atoms with Gasteiger partial charge in [-0.15, -0.1) is 0 Å². The Balaban J connectivity index is 2.63. The number of phenols is 1. The van der Waals surface area contributed by atoms with Crippen LogP contribution in [-0.4, -0.2) is 29.1 Å². The van der Waals surface area contributed by atoms with E-state index in [4.69, 9.17) is 0 Å². The molecule has 2 aromatic rings. The van der Waals surface area contributed by atoms with Gasteiger partial charge in [-0.25, -0.2) is 0 Å². The normalized spacial score (nSPS) is 11.5. The molecule has 0 amide bonds. The highest BCUT2D eigenvalue weighted by Crippen LogP contribution is 2.28. The van der Waals surface area contributed by atoms with E-state index < -0.39 is 0 Å². The van der Waals surface area contributed by atoms with E-state index >= 15 is 0 Å². The summed E-state index contributed by atoms with van der Waals surface area (Å²) in [6.07, 6.45) is 1.98. The molecule has 80 valence electrons. The van der Waals surface area contributed by atoms with Crippen molar-refractivity contribution in [3.8, 4) is 5.75 Å². The van der Waals surface area contributed by atoms with Crippen molar-refractivity contribution in [1.29, 1.82) is 0 Å². The number of nitrogens with one attached hydrogen (secondary N) is 1. The van der Waals surface area contributed by atoms with Crippen LogP contribution in [0.4, 0.5) is 0 Å². The molecule has 3 nitrogen and oxygen atoms in total. The first-order valence-electron chi connectivity index (χ1n) is 5.03. The summed E-state index contributed by atoms with van der Waals surface area (Å²) in [5, 5.41) is 11.0. The number of aromatic nitrogens is 1. The van der Waals surface area contributed by atoms with Gasteiger partial charge in [0.2, 0.25) is 0 Å². The first-order chi connectivity index (χ1) is 7.09. The number of phenolic OH excluding ortho intramolecular Hbond substituents is 1. The lowest BCUT2D eigenvalue weighted by Crippen LogP contribution is -2.11. The fourth-order valence-corrected chi connectivity index (χ4v) is 1.86. The summed E-state index contributed by atoms with van der Waals surface area (Å²) in [4.78, 5) is 5.26. The zero-order valence-corrected chi connectivity index (χ0v) is 9.33. The Labute approximate surface area is 89.3 Å². The predicted molar refractivity (Wildman–Crippen MR) is 62.1 cm³/mol. The van der Waals surface area contributed by atoms with Crippen molar-refractivity contribution in [1.82, 2.24) is 9.88 Å². The molecule has 3 heteroatoms. The van der Waals surface area contributed by atoms with Gasteiger partial charge in [0.15, 0.2) is 0 Å². The largest absolute Gasteiger partial charge is 0.508 e. The molecular weight excluding hydrogens is 188 g/mol. The van der Waals surface area contributed by atoms with Gasteiger partial charge in [0.1, 0.15) is 5.75 Å². The van der Waals surface area contributed by atoms with Crippen molar-refractivity contribution < 1.29 is 5.11 Å². The number of aromatic hydroxyl groups is 1. The van der Waals surface area contributed by atoms with Crippen molar-refractivity contribution in [3.05, 3.63) is 29.5 Å². The zero-order chi connectivity index (χ0) is 11.0. The third kappa shape index (κ3) is 1.70. The molecule has 0 aliphatic heterocycles.